The topological polar surface area (TPSA) is 79.6 Å². The second kappa shape index (κ2) is 8.78. The maximum atomic E-state index is 13.2. The molecule has 3 heterocycles. The average Bonchev–Trinajstić information content (AvgIpc) is 3.19. The van der Waals surface area contributed by atoms with Crippen LogP contribution < -0.4 is 5.32 Å². The van der Waals surface area contributed by atoms with Crippen molar-refractivity contribution in [1.82, 2.24) is 24.8 Å². The minimum atomic E-state index is -4.63. The number of nitrogens with one attached hydrogen (secondary N) is 1. The van der Waals surface area contributed by atoms with Crippen molar-refractivity contribution in [3.63, 3.8) is 0 Å². The molecule has 1 aromatic carbocycles. The first-order valence-electron chi connectivity index (χ1n) is 9.96. The number of piperidine rings is 1. The summed E-state index contributed by atoms with van der Waals surface area (Å²) in [5, 5.41) is 9.99. The highest BCUT2D eigenvalue weighted by Gasteiger charge is 2.35. The van der Waals surface area contributed by atoms with Crippen molar-refractivity contribution >= 4 is 29.1 Å². The van der Waals surface area contributed by atoms with Gasteiger partial charge < -0.3 is 10.2 Å². The van der Waals surface area contributed by atoms with Gasteiger partial charge in [-0.1, -0.05) is 29.8 Å². The first-order valence-corrected chi connectivity index (χ1v) is 10.3. The molecule has 168 valence electrons. The Labute approximate surface area is 186 Å². The van der Waals surface area contributed by atoms with Gasteiger partial charge in [-0.05, 0) is 31.0 Å². The summed E-state index contributed by atoms with van der Waals surface area (Å²) >= 11 is 5.83. The van der Waals surface area contributed by atoms with Gasteiger partial charge in [-0.3, -0.25) is 14.0 Å². The summed E-state index contributed by atoms with van der Waals surface area (Å²) in [5.74, 6) is -0.482. The Morgan fingerprint density at radius 1 is 1.12 bits per heavy atom. The normalized spacial score (nSPS) is 15.2. The molecule has 0 atom stereocenters. The van der Waals surface area contributed by atoms with Crippen LogP contribution in [0, 0.1) is 5.92 Å². The smallest absolute Gasteiger partial charge is 0.349 e. The lowest BCUT2D eigenvalue weighted by molar-refractivity contribution is -0.136. The first-order chi connectivity index (χ1) is 15.2. The third-order valence-corrected chi connectivity index (χ3v) is 5.65. The fraction of sp³-hybridized carbons (Fsp3) is 0.333. The van der Waals surface area contributed by atoms with Gasteiger partial charge in [-0.25, -0.2) is 0 Å². The number of amides is 2. The number of pyridine rings is 1. The number of carbonyl (C=O) groups excluding carboxylic acids is 2. The molecule has 1 fully saturated rings. The monoisotopic (exact) mass is 465 g/mol. The van der Waals surface area contributed by atoms with E-state index >= 15 is 0 Å². The molecule has 1 aliphatic rings. The number of nitrogens with zero attached hydrogens (tertiary/aromatic N) is 4. The van der Waals surface area contributed by atoms with E-state index in [-0.39, 0.29) is 40.8 Å². The maximum Gasteiger partial charge on any atom is 0.420 e. The van der Waals surface area contributed by atoms with Crippen LogP contribution in [0.4, 0.5) is 13.2 Å². The Kier molecular flexibility index (Phi) is 6.05. The molecule has 0 radical (unpaired) electrons. The summed E-state index contributed by atoms with van der Waals surface area (Å²) < 4.78 is 40.8. The van der Waals surface area contributed by atoms with Crippen molar-refractivity contribution in [2.45, 2.75) is 25.6 Å². The predicted molar refractivity (Wildman–Crippen MR) is 110 cm³/mol. The molecule has 2 aromatic heterocycles. The number of hydrogen-bond donors (Lipinski definition) is 1. The van der Waals surface area contributed by atoms with E-state index < -0.39 is 11.7 Å². The SMILES string of the molecule is O=C(NCc1nnc2c(C(F)(F)F)cc(Cl)cn12)C1CCN(C(=O)c2ccccc2)CC1. The number of alkyl halides is 3. The molecule has 1 saturated heterocycles. The minimum Gasteiger partial charge on any atom is -0.349 e. The van der Waals surface area contributed by atoms with E-state index in [9.17, 15) is 22.8 Å². The van der Waals surface area contributed by atoms with E-state index in [4.69, 9.17) is 11.6 Å². The summed E-state index contributed by atoms with van der Waals surface area (Å²) in [6.07, 6.45) is -2.36. The molecule has 7 nitrogen and oxygen atoms in total. The number of hydrogen-bond acceptors (Lipinski definition) is 4. The van der Waals surface area contributed by atoms with Crippen molar-refractivity contribution in [3.8, 4) is 0 Å². The fourth-order valence-corrected chi connectivity index (χ4v) is 3.96. The fourth-order valence-electron chi connectivity index (χ4n) is 3.75. The number of benzene rings is 1. The highest BCUT2D eigenvalue weighted by Crippen LogP contribution is 2.33. The predicted octanol–water partition coefficient (Wildman–Crippen LogP) is 3.57. The summed E-state index contributed by atoms with van der Waals surface area (Å²) in [4.78, 5) is 26.8. The molecule has 0 aliphatic carbocycles. The molecule has 32 heavy (non-hydrogen) atoms. The van der Waals surface area contributed by atoms with Crippen LogP contribution in [0.2, 0.25) is 5.02 Å². The third kappa shape index (κ3) is 4.55. The highest BCUT2D eigenvalue weighted by atomic mass is 35.5. The number of carbonyl (C=O) groups is 2. The zero-order valence-corrected chi connectivity index (χ0v) is 17.5. The van der Waals surface area contributed by atoms with Gasteiger partial charge in [0.1, 0.15) is 5.56 Å². The molecule has 11 heteroatoms. The van der Waals surface area contributed by atoms with Crippen LogP contribution in [0.5, 0.6) is 0 Å². The van der Waals surface area contributed by atoms with E-state index in [2.05, 4.69) is 15.5 Å². The Morgan fingerprint density at radius 2 is 1.81 bits per heavy atom. The third-order valence-electron chi connectivity index (χ3n) is 5.44. The van der Waals surface area contributed by atoms with Gasteiger partial charge in [0.05, 0.1) is 11.6 Å². The van der Waals surface area contributed by atoms with Crippen molar-refractivity contribution in [1.29, 1.82) is 0 Å². The van der Waals surface area contributed by atoms with Crippen molar-refractivity contribution in [2.75, 3.05) is 13.1 Å². The maximum absolute atomic E-state index is 13.2. The molecule has 0 unspecified atom stereocenters. The molecular weight excluding hydrogens is 447 g/mol. The van der Waals surface area contributed by atoms with Gasteiger partial charge in [0.25, 0.3) is 5.91 Å². The zero-order valence-electron chi connectivity index (χ0n) is 16.8. The molecule has 3 aromatic rings. The lowest BCUT2D eigenvalue weighted by atomic mass is 9.95. The first kappa shape index (κ1) is 22.1. The van der Waals surface area contributed by atoms with Crippen LogP contribution >= 0.6 is 11.6 Å². The number of halogens is 4. The molecule has 4 rings (SSSR count). The molecule has 0 spiro atoms. The number of likely N-dealkylation sites (tertiary alicyclic amines) is 1. The Hall–Kier alpha value is -3.14. The van der Waals surface area contributed by atoms with Crippen LogP contribution in [0.3, 0.4) is 0 Å². The Balaban J connectivity index is 1.37. The number of rotatable bonds is 4. The van der Waals surface area contributed by atoms with E-state index in [1.54, 1.807) is 29.2 Å². The van der Waals surface area contributed by atoms with Gasteiger partial charge in [-0.2, -0.15) is 13.2 Å². The lowest BCUT2D eigenvalue weighted by Crippen LogP contribution is -2.43. The second-order valence-electron chi connectivity index (χ2n) is 7.53. The van der Waals surface area contributed by atoms with Crippen molar-refractivity contribution < 1.29 is 22.8 Å². The molecule has 0 bridgehead atoms. The van der Waals surface area contributed by atoms with Crippen LogP contribution in [-0.2, 0) is 17.5 Å². The van der Waals surface area contributed by atoms with E-state index in [0.717, 1.165) is 10.5 Å². The second-order valence-corrected chi connectivity index (χ2v) is 7.97. The molecule has 1 N–H and O–H groups in total. The van der Waals surface area contributed by atoms with Gasteiger partial charge in [-0.15, -0.1) is 10.2 Å². The van der Waals surface area contributed by atoms with E-state index in [1.807, 2.05) is 6.07 Å². The highest BCUT2D eigenvalue weighted by molar-refractivity contribution is 6.30. The zero-order chi connectivity index (χ0) is 22.9. The van der Waals surface area contributed by atoms with Gasteiger partial charge in [0.2, 0.25) is 5.91 Å². The molecule has 2 amide bonds. The van der Waals surface area contributed by atoms with E-state index in [1.165, 1.54) is 6.20 Å². The van der Waals surface area contributed by atoms with Crippen LogP contribution in [0.25, 0.3) is 5.65 Å². The van der Waals surface area contributed by atoms with Crippen molar-refractivity contribution in [3.05, 3.63) is 64.6 Å². The molecular formula is C21H19ClF3N5O2. The molecule has 1 aliphatic heterocycles. The Bertz CT molecular complexity index is 1140. The lowest BCUT2D eigenvalue weighted by Gasteiger charge is -2.31. The quantitative estimate of drug-likeness (QED) is 0.639. The number of fused-ring (bicyclic) bond motifs is 1. The summed E-state index contributed by atoms with van der Waals surface area (Å²) in [6, 6.07) is 9.72. The number of aromatic nitrogens is 3. The largest absolute Gasteiger partial charge is 0.420 e. The van der Waals surface area contributed by atoms with Crippen LogP contribution in [0.1, 0.15) is 34.6 Å². The molecule has 0 saturated carbocycles. The summed E-state index contributed by atoms with van der Waals surface area (Å²) in [6.45, 7) is 0.801. The summed E-state index contributed by atoms with van der Waals surface area (Å²) in [5.41, 5.74) is -0.768. The summed E-state index contributed by atoms with van der Waals surface area (Å²) in [7, 11) is 0. The standard InChI is InChI=1S/C21H19ClF3N5O2/c22-15-10-16(21(23,24)25)18-28-27-17(30(18)12-15)11-26-19(31)13-6-8-29(9-7-13)20(32)14-4-2-1-3-5-14/h1-5,10,12-13H,6-9,11H2,(H,26,31). The Morgan fingerprint density at radius 3 is 2.47 bits per heavy atom. The minimum absolute atomic E-state index is 0.0725. The van der Waals surface area contributed by atoms with Crippen LogP contribution in [0.15, 0.2) is 42.6 Å². The van der Waals surface area contributed by atoms with E-state index in [0.29, 0.717) is 31.5 Å². The van der Waals surface area contributed by atoms with Crippen LogP contribution in [-0.4, -0.2) is 44.4 Å². The van der Waals surface area contributed by atoms with Crippen molar-refractivity contribution in [2.24, 2.45) is 5.92 Å². The van der Waals surface area contributed by atoms with Gasteiger partial charge in [0, 0.05) is 30.8 Å². The average molecular weight is 466 g/mol. The van der Waals surface area contributed by atoms with Gasteiger partial charge >= 0.3 is 6.18 Å². The van der Waals surface area contributed by atoms with Gasteiger partial charge in [0.15, 0.2) is 11.5 Å².